The zero-order chi connectivity index (χ0) is 21.3. The van der Waals surface area contributed by atoms with Gasteiger partial charge in [0, 0.05) is 6.61 Å². The summed E-state index contributed by atoms with van der Waals surface area (Å²) in [6.07, 6.45) is 32.3. The van der Waals surface area contributed by atoms with Gasteiger partial charge in [0.2, 0.25) is 0 Å². The van der Waals surface area contributed by atoms with E-state index in [2.05, 4.69) is 13.8 Å². The highest BCUT2D eigenvalue weighted by Gasteiger charge is 2.22. The molecule has 0 spiro atoms. The fourth-order valence-electron chi connectivity index (χ4n) is 6.09. The Balaban J connectivity index is 1.39. The third-order valence-corrected chi connectivity index (χ3v) is 8.30. The van der Waals surface area contributed by atoms with E-state index < -0.39 is 0 Å². The molecule has 30 heavy (non-hydrogen) atoms. The summed E-state index contributed by atoms with van der Waals surface area (Å²) >= 11 is 0. The Labute approximate surface area is 190 Å². The van der Waals surface area contributed by atoms with E-state index in [9.17, 15) is 0 Å². The highest BCUT2D eigenvalue weighted by Crippen LogP contribution is 2.35. The van der Waals surface area contributed by atoms with Crippen LogP contribution in [0, 0.1) is 17.8 Å². The number of rotatable bonds is 17. The Kier molecular flexibility index (Phi) is 15.3. The molecule has 0 N–H and O–H groups in total. The van der Waals surface area contributed by atoms with E-state index in [4.69, 9.17) is 4.74 Å². The van der Waals surface area contributed by atoms with Crippen LogP contribution >= 0.6 is 0 Å². The van der Waals surface area contributed by atoms with Gasteiger partial charge < -0.3 is 4.74 Å². The highest BCUT2D eigenvalue weighted by atomic mass is 16.5. The minimum absolute atomic E-state index is 0.588. The quantitative estimate of drug-likeness (QED) is 0.213. The van der Waals surface area contributed by atoms with Crippen molar-refractivity contribution in [2.24, 2.45) is 17.8 Å². The largest absolute Gasteiger partial charge is 0.378 e. The van der Waals surface area contributed by atoms with Crippen LogP contribution in [0.15, 0.2) is 0 Å². The van der Waals surface area contributed by atoms with Crippen LogP contribution in [0.4, 0.5) is 0 Å². The van der Waals surface area contributed by atoms with Crippen LogP contribution in [0.2, 0.25) is 0 Å². The first kappa shape index (κ1) is 26.2. The maximum absolute atomic E-state index is 6.29. The van der Waals surface area contributed by atoms with Gasteiger partial charge in [0.1, 0.15) is 0 Å². The molecule has 2 rings (SSSR count). The van der Waals surface area contributed by atoms with E-state index in [0.717, 1.165) is 24.4 Å². The monoisotopic (exact) mass is 420 g/mol. The first-order valence-electron chi connectivity index (χ1n) is 14.4. The van der Waals surface area contributed by atoms with Gasteiger partial charge in [-0.15, -0.1) is 0 Å². The van der Waals surface area contributed by atoms with Crippen molar-refractivity contribution in [3.63, 3.8) is 0 Å². The van der Waals surface area contributed by atoms with Crippen molar-refractivity contribution in [3.05, 3.63) is 0 Å². The smallest absolute Gasteiger partial charge is 0.0575 e. The summed E-state index contributed by atoms with van der Waals surface area (Å²) < 4.78 is 6.29. The fourth-order valence-corrected chi connectivity index (χ4v) is 6.09. The molecule has 0 unspecified atom stereocenters. The molecule has 1 heteroatoms. The van der Waals surface area contributed by atoms with Gasteiger partial charge in [0.25, 0.3) is 0 Å². The third kappa shape index (κ3) is 12.1. The molecule has 178 valence electrons. The lowest BCUT2D eigenvalue weighted by Gasteiger charge is -2.30. The zero-order valence-electron chi connectivity index (χ0n) is 21.0. The van der Waals surface area contributed by atoms with Crippen LogP contribution in [0.5, 0.6) is 0 Å². The lowest BCUT2D eigenvalue weighted by atomic mass is 9.78. The number of ether oxygens (including phenoxy) is 1. The van der Waals surface area contributed by atoms with Gasteiger partial charge in [0.15, 0.2) is 0 Å². The minimum atomic E-state index is 0.588. The van der Waals surface area contributed by atoms with Crippen molar-refractivity contribution in [1.82, 2.24) is 0 Å². The number of hydrogen-bond acceptors (Lipinski definition) is 1. The first-order valence-corrected chi connectivity index (χ1v) is 14.4. The molecule has 2 aliphatic carbocycles. The van der Waals surface area contributed by atoms with E-state index >= 15 is 0 Å². The van der Waals surface area contributed by atoms with E-state index in [1.54, 1.807) is 0 Å². The molecule has 0 saturated heterocycles. The molecule has 2 aliphatic rings. The zero-order valence-corrected chi connectivity index (χ0v) is 21.0. The van der Waals surface area contributed by atoms with E-state index in [0.29, 0.717) is 6.10 Å². The van der Waals surface area contributed by atoms with Gasteiger partial charge in [-0.2, -0.15) is 0 Å². The molecular formula is C29H56O. The van der Waals surface area contributed by atoms with Gasteiger partial charge in [-0.05, 0) is 56.3 Å². The molecule has 0 amide bonds. The molecule has 0 heterocycles. The summed E-state index contributed by atoms with van der Waals surface area (Å²) in [4.78, 5) is 0. The van der Waals surface area contributed by atoms with Crippen LogP contribution in [-0.4, -0.2) is 12.7 Å². The molecule has 1 nitrogen and oxygen atoms in total. The predicted molar refractivity (Wildman–Crippen MR) is 133 cm³/mol. The van der Waals surface area contributed by atoms with Crippen LogP contribution in [0.1, 0.15) is 155 Å². The van der Waals surface area contributed by atoms with Gasteiger partial charge in [-0.1, -0.05) is 117 Å². The summed E-state index contributed by atoms with van der Waals surface area (Å²) in [6, 6.07) is 0. The molecular weight excluding hydrogens is 364 g/mol. The predicted octanol–water partition coefficient (Wildman–Crippen LogP) is 9.87. The molecule has 0 aromatic heterocycles. The maximum Gasteiger partial charge on any atom is 0.0575 e. The average Bonchev–Trinajstić information content (AvgIpc) is 2.78. The van der Waals surface area contributed by atoms with E-state index in [1.807, 2.05) is 0 Å². The van der Waals surface area contributed by atoms with Crippen molar-refractivity contribution in [2.45, 2.75) is 161 Å². The summed E-state index contributed by atoms with van der Waals surface area (Å²) in [5.41, 5.74) is 0. The molecule has 0 bridgehead atoms. The topological polar surface area (TPSA) is 9.23 Å². The van der Waals surface area contributed by atoms with Gasteiger partial charge in [0.05, 0.1) is 6.10 Å². The second kappa shape index (κ2) is 17.5. The second-order valence-electron chi connectivity index (χ2n) is 10.9. The first-order chi connectivity index (χ1) is 14.8. The molecule has 0 atom stereocenters. The van der Waals surface area contributed by atoms with E-state index in [-0.39, 0.29) is 0 Å². The standard InChI is InChI=1S/C29H56O/c1-3-5-7-9-11-14-26-17-19-28(20-18-26)16-13-25-30-29-23-21-27(22-24-29)15-12-10-8-6-4-2/h26-29H,3-25H2,1-2H3/t26-,27?,28-,29?. The summed E-state index contributed by atoms with van der Waals surface area (Å²) in [5, 5.41) is 0. The molecule has 0 aliphatic heterocycles. The lowest BCUT2D eigenvalue weighted by Crippen LogP contribution is -2.22. The second-order valence-corrected chi connectivity index (χ2v) is 10.9. The fraction of sp³-hybridized carbons (Fsp3) is 1.00. The Bertz CT molecular complexity index is 327. The van der Waals surface area contributed by atoms with Gasteiger partial charge in [-0.3, -0.25) is 0 Å². The average molecular weight is 421 g/mol. The molecule has 0 aromatic rings. The number of hydrogen-bond donors (Lipinski definition) is 0. The molecule has 0 radical (unpaired) electrons. The van der Waals surface area contributed by atoms with Crippen molar-refractivity contribution < 1.29 is 4.74 Å². The normalized spacial score (nSPS) is 27.4. The summed E-state index contributed by atoms with van der Waals surface area (Å²) in [6.45, 7) is 5.65. The Morgan fingerprint density at radius 2 is 0.867 bits per heavy atom. The highest BCUT2D eigenvalue weighted by molar-refractivity contribution is 4.74. The Hall–Kier alpha value is -0.0400. The van der Waals surface area contributed by atoms with Crippen LogP contribution in [0.25, 0.3) is 0 Å². The summed E-state index contributed by atoms with van der Waals surface area (Å²) in [7, 11) is 0. The number of unbranched alkanes of at least 4 members (excludes halogenated alkanes) is 8. The Morgan fingerprint density at radius 3 is 1.33 bits per heavy atom. The van der Waals surface area contributed by atoms with Crippen LogP contribution in [0.3, 0.4) is 0 Å². The van der Waals surface area contributed by atoms with Gasteiger partial charge >= 0.3 is 0 Å². The van der Waals surface area contributed by atoms with Gasteiger partial charge in [-0.25, -0.2) is 0 Å². The van der Waals surface area contributed by atoms with Crippen molar-refractivity contribution in [3.8, 4) is 0 Å². The molecule has 2 saturated carbocycles. The summed E-state index contributed by atoms with van der Waals surface area (Å²) in [5.74, 6) is 3.07. The van der Waals surface area contributed by atoms with Crippen molar-refractivity contribution >= 4 is 0 Å². The minimum Gasteiger partial charge on any atom is -0.378 e. The van der Waals surface area contributed by atoms with E-state index in [1.165, 1.54) is 141 Å². The molecule has 0 aromatic carbocycles. The van der Waals surface area contributed by atoms with Crippen molar-refractivity contribution in [2.75, 3.05) is 6.61 Å². The lowest BCUT2D eigenvalue weighted by molar-refractivity contribution is 0.0131. The SMILES string of the molecule is CCCCCCCC1CCC(OCCC[C@H]2CC[C@H](CCCCCCC)CC2)CC1. The van der Waals surface area contributed by atoms with Crippen LogP contribution in [-0.2, 0) is 4.74 Å². The maximum atomic E-state index is 6.29. The third-order valence-electron chi connectivity index (χ3n) is 8.30. The van der Waals surface area contributed by atoms with Crippen molar-refractivity contribution in [1.29, 1.82) is 0 Å². The Morgan fingerprint density at radius 1 is 0.467 bits per heavy atom. The van der Waals surface area contributed by atoms with Crippen LogP contribution < -0.4 is 0 Å². The molecule has 2 fully saturated rings.